The summed E-state index contributed by atoms with van der Waals surface area (Å²) in [6.45, 7) is 7.08. The summed E-state index contributed by atoms with van der Waals surface area (Å²) in [5, 5.41) is 12.8. The quantitative estimate of drug-likeness (QED) is 0.805. The third-order valence-electron chi connectivity index (χ3n) is 2.74. The molecule has 0 saturated carbocycles. The van der Waals surface area contributed by atoms with Gasteiger partial charge in [-0.05, 0) is 36.1 Å². The van der Waals surface area contributed by atoms with Crippen molar-refractivity contribution in [3.05, 3.63) is 35.1 Å². The molecule has 0 fully saturated rings. The minimum Gasteiger partial charge on any atom is -0.392 e. The zero-order valence-electron chi connectivity index (χ0n) is 10.1. The lowest BCUT2D eigenvalue weighted by Gasteiger charge is -2.15. The average molecular weight is 225 g/mol. The van der Waals surface area contributed by atoms with Gasteiger partial charge in [0.25, 0.3) is 0 Å². The topological polar surface area (TPSA) is 32.3 Å². The number of hydrogen-bond donors (Lipinski definition) is 2. The summed E-state index contributed by atoms with van der Waals surface area (Å²) < 4.78 is 12.8. The molecule has 0 aromatic heterocycles. The molecule has 0 heterocycles. The lowest BCUT2D eigenvalue weighted by molar-refractivity contribution is 0.123. The Morgan fingerprint density at radius 1 is 1.38 bits per heavy atom. The van der Waals surface area contributed by atoms with Gasteiger partial charge in [-0.3, -0.25) is 0 Å². The van der Waals surface area contributed by atoms with Gasteiger partial charge in [-0.15, -0.1) is 0 Å². The summed E-state index contributed by atoms with van der Waals surface area (Å²) in [4.78, 5) is 0. The van der Waals surface area contributed by atoms with Crippen LogP contribution in [0.15, 0.2) is 18.2 Å². The molecule has 1 rings (SSSR count). The smallest absolute Gasteiger partial charge is 0.123 e. The molecule has 0 radical (unpaired) electrons. The van der Waals surface area contributed by atoms with Gasteiger partial charge in [0.05, 0.1) is 6.10 Å². The third kappa shape index (κ3) is 3.91. The van der Waals surface area contributed by atoms with Crippen LogP contribution in [0.1, 0.15) is 25.0 Å². The van der Waals surface area contributed by atoms with Crippen LogP contribution in [0.25, 0.3) is 0 Å². The van der Waals surface area contributed by atoms with Crippen LogP contribution in [-0.4, -0.2) is 17.8 Å². The van der Waals surface area contributed by atoms with Crippen LogP contribution in [0, 0.1) is 18.7 Å². The molecule has 1 aromatic rings. The fourth-order valence-corrected chi connectivity index (χ4v) is 1.45. The normalized spacial score (nSPS) is 13.1. The molecule has 0 amide bonds. The van der Waals surface area contributed by atoms with E-state index in [2.05, 4.69) is 5.32 Å². The number of aryl methyl sites for hydroxylation is 1. The molecule has 0 saturated heterocycles. The molecule has 0 spiro atoms. The van der Waals surface area contributed by atoms with Crippen molar-refractivity contribution in [3.8, 4) is 0 Å². The maximum Gasteiger partial charge on any atom is 0.123 e. The minimum absolute atomic E-state index is 0.205. The van der Waals surface area contributed by atoms with Gasteiger partial charge in [0, 0.05) is 13.1 Å². The summed E-state index contributed by atoms with van der Waals surface area (Å²) in [5.74, 6) is 0.0466. The first-order chi connectivity index (χ1) is 7.50. The standard InChI is InChI=1S/C13H20FNO/c1-9(2)13(16)8-15-7-11-4-5-12(14)6-10(11)3/h4-6,9,13,15-16H,7-8H2,1-3H3. The molecule has 90 valence electrons. The van der Waals surface area contributed by atoms with E-state index < -0.39 is 0 Å². The van der Waals surface area contributed by atoms with E-state index in [0.717, 1.165) is 11.1 Å². The molecule has 16 heavy (non-hydrogen) atoms. The highest BCUT2D eigenvalue weighted by atomic mass is 19.1. The van der Waals surface area contributed by atoms with Crippen molar-refractivity contribution < 1.29 is 9.50 Å². The van der Waals surface area contributed by atoms with Crippen LogP contribution in [0.4, 0.5) is 4.39 Å². The summed E-state index contributed by atoms with van der Waals surface area (Å²) >= 11 is 0. The Balaban J connectivity index is 2.43. The number of aliphatic hydroxyl groups is 1. The van der Waals surface area contributed by atoms with Gasteiger partial charge < -0.3 is 10.4 Å². The molecule has 0 aliphatic rings. The molecular weight excluding hydrogens is 205 g/mol. The lowest BCUT2D eigenvalue weighted by atomic mass is 10.1. The second-order valence-electron chi connectivity index (χ2n) is 4.51. The van der Waals surface area contributed by atoms with Crippen molar-refractivity contribution in [1.82, 2.24) is 5.32 Å². The van der Waals surface area contributed by atoms with Crippen LogP contribution in [0.2, 0.25) is 0 Å². The molecule has 1 aromatic carbocycles. The maximum atomic E-state index is 12.8. The van der Waals surface area contributed by atoms with E-state index in [0.29, 0.717) is 13.1 Å². The van der Waals surface area contributed by atoms with E-state index in [1.165, 1.54) is 12.1 Å². The van der Waals surface area contributed by atoms with Crippen LogP contribution in [0.3, 0.4) is 0 Å². The first-order valence-corrected chi connectivity index (χ1v) is 5.64. The van der Waals surface area contributed by atoms with E-state index in [1.807, 2.05) is 20.8 Å². The van der Waals surface area contributed by atoms with Gasteiger partial charge in [-0.1, -0.05) is 19.9 Å². The summed E-state index contributed by atoms with van der Waals surface area (Å²) in [7, 11) is 0. The average Bonchev–Trinajstić information content (AvgIpc) is 2.20. The molecule has 1 unspecified atom stereocenters. The Hall–Kier alpha value is -0.930. The Morgan fingerprint density at radius 2 is 2.06 bits per heavy atom. The van der Waals surface area contributed by atoms with E-state index in [9.17, 15) is 9.50 Å². The highest BCUT2D eigenvalue weighted by Gasteiger charge is 2.08. The van der Waals surface area contributed by atoms with Crippen LogP contribution < -0.4 is 5.32 Å². The maximum absolute atomic E-state index is 12.8. The minimum atomic E-state index is -0.333. The van der Waals surface area contributed by atoms with Gasteiger partial charge in [-0.2, -0.15) is 0 Å². The van der Waals surface area contributed by atoms with E-state index in [-0.39, 0.29) is 17.8 Å². The zero-order chi connectivity index (χ0) is 12.1. The molecule has 0 aliphatic heterocycles. The number of rotatable bonds is 5. The first kappa shape index (κ1) is 13.1. The number of halogens is 1. The summed E-state index contributed by atoms with van der Waals surface area (Å²) in [6.07, 6.45) is -0.333. The molecule has 2 N–H and O–H groups in total. The monoisotopic (exact) mass is 225 g/mol. The molecule has 0 bridgehead atoms. The van der Waals surface area contributed by atoms with Crippen molar-refractivity contribution in [2.45, 2.75) is 33.4 Å². The number of hydrogen-bond acceptors (Lipinski definition) is 2. The fraction of sp³-hybridized carbons (Fsp3) is 0.538. The zero-order valence-corrected chi connectivity index (χ0v) is 10.1. The first-order valence-electron chi connectivity index (χ1n) is 5.64. The predicted molar refractivity (Wildman–Crippen MR) is 63.7 cm³/mol. The fourth-order valence-electron chi connectivity index (χ4n) is 1.45. The third-order valence-corrected chi connectivity index (χ3v) is 2.74. The predicted octanol–water partition coefficient (Wildman–Crippen LogP) is 2.24. The van der Waals surface area contributed by atoms with Crippen molar-refractivity contribution in [2.24, 2.45) is 5.92 Å². The van der Waals surface area contributed by atoms with Gasteiger partial charge in [0.1, 0.15) is 5.82 Å². The van der Waals surface area contributed by atoms with Gasteiger partial charge in [0.15, 0.2) is 0 Å². The van der Waals surface area contributed by atoms with Crippen molar-refractivity contribution in [3.63, 3.8) is 0 Å². The second kappa shape index (κ2) is 5.97. The van der Waals surface area contributed by atoms with Crippen molar-refractivity contribution >= 4 is 0 Å². The van der Waals surface area contributed by atoms with Crippen molar-refractivity contribution in [1.29, 1.82) is 0 Å². The van der Waals surface area contributed by atoms with Crippen LogP contribution >= 0.6 is 0 Å². The molecular formula is C13H20FNO. The molecule has 3 heteroatoms. The number of benzene rings is 1. The van der Waals surface area contributed by atoms with E-state index >= 15 is 0 Å². The van der Waals surface area contributed by atoms with Gasteiger partial charge in [0.2, 0.25) is 0 Å². The van der Waals surface area contributed by atoms with Gasteiger partial charge >= 0.3 is 0 Å². The molecule has 0 aliphatic carbocycles. The molecule has 1 atom stereocenters. The largest absolute Gasteiger partial charge is 0.392 e. The summed E-state index contributed by atoms with van der Waals surface area (Å²) in [5.41, 5.74) is 2.00. The van der Waals surface area contributed by atoms with Crippen molar-refractivity contribution in [2.75, 3.05) is 6.54 Å². The van der Waals surface area contributed by atoms with E-state index in [4.69, 9.17) is 0 Å². The lowest BCUT2D eigenvalue weighted by Crippen LogP contribution is -2.30. The van der Waals surface area contributed by atoms with Gasteiger partial charge in [-0.25, -0.2) is 4.39 Å². The van der Waals surface area contributed by atoms with E-state index in [1.54, 1.807) is 6.07 Å². The highest BCUT2D eigenvalue weighted by Crippen LogP contribution is 2.09. The SMILES string of the molecule is Cc1cc(F)ccc1CNCC(O)C(C)C. The number of aliphatic hydroxyl groups excluding tert-OH is 1. The summed E-state index contributed by atoms with van der Waals surface area (Å²) in [6, 6.07) is 4.76. The number of nitrogens with one attached hydrogen (secondary N) is 1. The van der Waals surface area contributed by atoms with Crippen LogP contribution in [0.5, 0.6) is 0 Å². The second-order valence-corrected chi connectivity index (χ2v) is 4.51. The Bertz CT molecular complexity index is 339. The molecule has 2 nitrogen and oxygen atoms in total. The highest BCUT2D eigenvalue weighted by molar-refractivity contribution is 5.26. The Kier molecular flexibility index (Phi) is 4.90. The Labute approximate surface area is 96.5 Å². The van der Waals surface area contributed by atoms with Crippen LogP contribution in [-0.2, 0) is 6.54 Å². The Morgan fingerprint density at radius 3 is 2.62 bits per heavy atom.